The van der Waals surface area contributed by atoms with Crippen molar-refractivity contribution in [2.24, 2.45) is 11.8 Å². The number of ketones is 2. The van der Waals surface area contributed by atoms with Crippen molar-refractivity contribution in [3.8, 4) is 0 Å². The van der Waals surface area contributed by atoms with Gasteiger partial charge in [0.15, 0.2) is 11.6 Å². The average molecular weight is 342 g/mol. The third kappa shape index (κ3) is 5.64. The first-order valence-electron chi connectivity index (χ1n) is 8.76. The van der Waals surface area contributed by atoms with Crippen LogP contribution in [-0.2, 0) is 14.4 Å². The minimum absolute atomic E-state index is 0.0180. The highest BCUT2D eigenvalue weighted by Crippen LogP contribution is 2.35. The van der Waals surface area contributed by atoms with E-state index in [9.17, 15) is 9.59 Å². The van der Waals surface area contributed by atoms with Crippen LogP contribution in [0.1, 0.15) is 60.3 Å². The predicted molar refractivity (Wildman–Crippen MR) is 96.2 cm³/mol. The fraction of sp³-hybridized carbons (Fsp3) is 0.778. The minimum Gasteiger partial charge on any atom is -0.294 e. The van der Waals surface area contributed by atoms with E-state index in [-0.39, 0.29) is 23.4 Å². The zero-order chi connectivity index (χ0) is 17.4. The normalized spacial score (nSPS) is 25.4. The maximum absolute atomic E-state index is 12.8. The Labute approximate surface area is 144 Å². The van der Waals surface area contributed by atoms with Crippen molar-refractivity contribution in [1.29, 1.82) is 0 Å². The Balaban J connectivity index is 2.94. The summed E-state index contributed by atoms with van der Waals surface area (Å²) in [6.07, 6.45) is 2.91. The van der Waals surface area contributed by atoms with Crippen LogP contribution in [0.15, 0.2) is 11.3 Å². The lowest BCUT2D eigenvalue weighted by molar-refractivity contribution is -0.129. The Hall–Kier alpha value is -0.810. The number of Topliss-reactive ketones (excluding diaryl/α,β-unsaturated/α-hetero) is 2. The summed E-state index contributed by atoms with van der Waals surface area (Å²) >= 11 is 1.89. The maximum Gasteiger partial charge on any atom is 0.171 e. The first kappa shape index (κ1) is 20.2. The predicted octanol–water partition coefficient (Wildman–Crippen LogP) is 3.91. The first-order valence-corrected chi connectivity index (χ1v) is 9.80. The molecular weight excluding hydrogens is 310 g/mol. The molecule has 0 spiro atoms. The molecule has 0 saturated heterocycles. The summed E-state index contributed by atoms with van der Waals surface area (Å²) in [6.45, 7) is 10.7. The number of carbonyl (C=O) groups is 2. The molecule has 5 heteroatoms. The number of thioether (sulfide) groups is 1. The van der Waals surface area contributed by atoms with E-state index in [0.29, 0.717) is 36.0 Å². The number of rotatable bonds is 9. The van der Waals surface area contributed by atoms with Gasteiger partial charge >= 0.3 is 0 Å². The highest BCUT2D eigenvalue weighted by molar-refractivity contribution is 7.99. The van der Waals surface area contributed by atoms with Gasteiger partial charge in [-0.05, 0) is 31.4 Å². The monoisotopic (exact) mass is 341 g/mol. The molecule has 1 aliphatic carbocycles. The lowest BCUT2D eigenvalue weighted by Gasteiger charge is -2.31. The van der Waals surface area contributed by atoms with E-state index in [0.717, 1.165) is 18.6 Å². The van der Waals surface area contributed by atoms with Crippen LogP contribution in [0.4, 0.5) is 0 Å². The van der Waals surface area contributed by atoms with Crippen LogP contribution >= 0.6 is 11.8 Å². The van der Waals surface area contributed by atoms with E-state index < -0.39 is 0 Å². The molecule has 0 aromatic carbocycles. The zero-order valence-corrected chi connectivity index (χ0v) is 15.9. The zero-order valence-electron chi connectivity index (χ0n) is 15.1. The molecule has 0 heterocycles. The fourth-order valence-corrected chi connectivity index (χ4v) is 4.07. The van der Waals surface area contributed by atoms with Crippen LogP contribution in [0.2, 0.25) is 0 Å². The Morgan fingerprint density at radius 2 is 2.04 bits per heavy atom. The number of nitrogens with one attached hydrogen (secondary N) is 1. The largest absolute Gasteiger partial charge is 0.294 e. The topological polar surface area (TPSA) is 55.4 Å². The molecular formula is C18H31NO3S. The molecule has 1 aliphatic rings. The maximum atomic E-state index is 12.8. The molecule has 23 heavy (non-hydrogen) atoms. The second-order valence-corrected chi connectivity index (χ2v) is 7.90. The molecule has 0 aliphatic heterocycles. The van der Waals surface area contributed by atoms with Gasteiger partial charge in [-0.3, -0.25) is 19.9 Å². The molecule has 1 N–H and O–H groups in total. The van der Waals surface area contributed by atoms with Crippen LogP contribution in [0.25, 0.3) is 0 Å². The van der Waals surface area contributed by atoms with Gasteiger partial charge in [0.2, 0.25) is 0 Å². The van der Waals surface area contributed by atoms with Gasteiger partial charge in [-0.1, -0.05) is 34.1 Å². The van der Waals surface area contributed by atoms with Gasteiger partial charge in [0.05, 0.1) is 17.9 Å². The third-order valence-electron chi connectivity index (χ3n) is 4.32. The van der Waals surface area contributed by atoms with Crippen molar-refractivity contribution in [3.63, 3.8) is 0 Å². The van der Waals surface area contributed by atoms with Crippen molar-refractivity contribution in [1.82, 2.24) is 5.48 Å². The molecule has 0 radical (unpaired) electrons. The SMILES string of the molecule is CCCC(NOCC)=C1C(=O)CC(CC(C)SCC)C(C)C1=O. The van der Waals surface area contributed by atoms with Crippen molar-refractivity contribution in [2.45, 2.75) is 65.6 Å². The summed E-state index contributed by atoms with van der Waals surface area (Å²) in [6, 6.07) is 0. The van der Waals surface area contributed by atoms with Gasteiger partial charge in [-0.25, -0.2) is 0 Å². The molecule has 3 unspecified atom stereocenters. The second kappa shape index (κ2) is 10.1. The molecule has 132 valence electrons. The molecule has 4 nitrogen and oxygen atoms in total. The number of carbonyl (C=O) groups excluding carboxylic acids is 2. The summed E-state index contributed by atoms with van der Waals surface area (Å²) in [7, 11) is 0. The Kier molecular flexibility index (Phi) is 8.92. The molecule has 1 rings (SSSR count). The number of hydrogen-bond donors (Lipinski definition) is 1. The van der Waals surface area contributed by atoms with E-state index in [1.165, 1.54) is 0 Å². The number of allylic oxidation sites excluding steroid dienone is 2. The third-order valence-corrected chi connectivity index (χ3v) is 5.42. The number of hydrogen-bond acceptors (Lipinski definition) is 5. The molecule has 1 saturated carbocycles. The van der Waals surface area contributed by atoms with Crippen molar-refractivity contribution < 1.29 is 14.4 Å². The first-order chi connectivity index (χ1) is 11.0. The van der Waals surface area contributed by atoms with Gasteiger partial charge in [0.1, 0.15) is 0 Å². The lowest BCUT2D eigenvalue weighted by atomic mass is 9.73. The van der Waals surface area contributed by atoms with Crippen molar-refractivity contribution >= 4 is 23.3 Å². The van der Waals surface area contributed by atoms with Crippen molar-refractivity contribution in [2.75, 3.05) is 12.4 Å². The van der Waals surface area contributed by atoms with Crippen molar-refractivity contribution in [3.05, 3.63) is 11.3 Å². The Morgan fingerprint density at radius 1 is 1.35 bits per heavy atom. The van der Waals surface area contributed by atoms with E-state index in [1.54, 1.807) is 0 Å². The van der Waals surface area contributed by atoms with Crippen LogP contribution in [0.3, 0.4) is 0 Å². The Morgan fingerprint density at radius 3 is 2.61 bits per heavy atom. The van der Waals surface area contributed by atoms with E-state index in [1.807, 2.05) is 32.5 Å². The van der Waals surface area contributed by atoms with Gasteiger partial charge in [-0.15, -0.1) is 0 Å². The van der Waals surface area contributed by atoms with E-state index in [4.69, 9.17) is 4.84 Å². The van der Waals surface area contributed by atoms with Crippen LogP contribution in [0.5, 0.6) is 0 Å². The van der Waals surface area contributed by atoms with Gasteiger partial charge in [0, 0.05) is 17.6 Å². The van der Waals surface area contributed by atoms with Gasteiger partial charge in [0.25, 0.3) is 0 Å². The standard InChI is InChI=1S/C18H31NO3S/c1-6-9-15(19-22-7-2)17-16(20)11-14(13(5)18(17)21)10-12(4)23-8-3/h12-14,19H,6-11H2,1-5H3. The smallest absolute Gasteiger partial charge is 0.171 e. The summed E-state index contributed by atoms with van der Waals surface area (Å²) in [4.78, 5) is 30.6. The summed E-state index contributed by atoms with van der Waals surface area (Å²) < 4.78 is 0. The summed E-state index contributed by atoms with van der Waals surface area (Å²) in [5.41, 5.74) is 3.84. The van der Waals surface area contributed by atoms with Gasteiger partial charge in [-0.2, -0.15) is 11.8 Å². The van der Waals surface area contributed by atoms with Crippen LogP contribution in [0, 0.1) is 11.8 Å². The Bertz CT molecular complexity index is 448. The average Bonchev–Trinajstić information content (AvgIpc) is 2.50. The molecule has 0 aromatic rings. The molecule has 0 bridgehead atoms. The molecule has 0 amide bonds. The fourth-order valence-electron chi connectivity index (χ4n) is 3.12. The summed E-state index contributed by atoms with van der Waals surface area (Å²) in [5, 5.41) is 0.482. The lowest BCUT2D eigenvalue weighted by Crippen LogP contribution is -2.37. The highest BCUT2D eigenvalue weighted by Gasteiger charge is 2.39. The molecule has 0 aromatic heterocycles. The van der Waals surface area contributed by atoms with E-state index >= 15 is 0 Å². The quantitative estimate of drug-likeness (QED) is 0.391. The van der Waals surface area contributed by atoms with E-state index in [2.05, 4.69) is 19.3 Å². The second-order valence-electron chi connectivity index (χ2n) is 6.18. The molecule has 3 atom stereocenters. The minimum atomic E-state index is -0.0992. The number of hydroxylamine groups is 1. The highest BCUT2D eigenvalue weighted by atomic mass is 32.2. The van der Waals surface area contributed by atoms with Crippen LogP contribution in [-0.4, -0.2) is 29.2 Å². The van der Waals surface area contributed by atoms with Gasteiger partial charge < -0.3 is 0 Å². The molecule has 1 fully saturated rings. The summed E-state index contributed by atoms with van der Waals surface area (Å²) in [5.74, 6) is 1.08. The van der Waals surface area contributed by atoms with Crippen LogP contribution < -0.4 is 5.48 Å².